The first-order chi connectivity index (χ1) is 8.72. The molecular formula is C14H18ClFN2. The Balaban J connectivity index is 1.72. The predicted molar refractivity (Wildman–Crippen MR) is 71.2 cm³/mol. The average Bonchev–Trinajstić information content (AvgIpc) is 2.67. The topological polar surface area (TPSA) is 15.3 Å². The molecule has 2 unspecified atom stereocenters. The number of hydrogen-bond acceptors (Lipinski definition) is 2. The third-order valence-corrected chi connectivity index (χ3v) is 4.40. The zero-order chi connectivity index (χ0) is 12.5. The molecule has 0 aromatic heterocycles. The van der Waals surface area contributed by atoms with Gasteiger partial charge in [-0.2, -0.15) is 0 Å². The van der Waals surface area contributed by atoms with Gasteiger partial charge in [0.05, 0.1) is 0 Å². The Bertz CT molecular complexity index is 418. The standard InChI is InChI=1S/C14H18ClFN2/c15-13-2-1-3-14(16)12(13)9-18-7-6-10-4-5-11(8-18)17-10/h1-3,10-11,17H,4-9H2. The monoisotopic (exact) mass is 268 g/mol. The summed E-state index contributed by atoms with van der Waals surface area (Å²) in [7, 11) is 0. The highest BCUT2D eigenvalue weighted by Crippen LogP contribution is 2.25. The molecule has 18 heavy (non-hydrogen) atoms. The Kier molecular flexibility index (Phi) is 3.55. The van der Waals surface area contributed by atoms with Gasteiger partial charge in [-0.05, 0) is 31.4 Å². The molecule has 2 fully saturated rings. The lowest BCUT2D eigenvalue weighted by molar-refractivity contribution is 0.248. The largest absolute Gasteiger partial charge is 0.310 e. The maximum absolute atomic E-state index is 13.8. The molecule has 98 valence electrons. The minimum Gasteiger partial charge on any atom is -0.310 e. The van der Waals surface area contributed by atoms with Gasteiger partial charge in [0.15, 0.2) is 0 Å². The van der Waals surface area contributed by atoms with Crippen molar-refractivity contribution in [3.05, 3.63) is 34.6 Å². The molecule has 2 saturated heterocycles. The highest BCUT2D eigenvalue weighted by atomic mass is 35.5. The minimum atomic E-state index is -0.190. The molecule has 0 saturated carbocycles. The first-order valence-corrected chi connectivity index (χ1v) is 7.01. The number of likely N-dealkylation sites (tertiary alicyclic amines) is 1. The molecule has 2 heterocycles. The number of benzene rings is 1. The van der Waals surface area contributed by atoms with Crippen LogP contribution in [-0.2, 0) is 6.54 Å². The quantitative estimate of drug-likeness (QED) is 0.887. The number of hydrogen-bond donors (Lipinski definition) is 1. The first kappa shape index (κ1) is 12.4. The lowest BCUT2D eigenvalue weighted by atomic mass is 10.1. The van der Waals surface area contributed by atoms with Crippen molar-refractivity contribution >= 4 is 11.6 Å². The highest BCUT2D eigenvalue weighted by Gasteiger charge is 2.29. The number of fused-ring (bicyclic) bond motifs is 2. The number of halogens is 2. The zero-order valence-corrected chi connectivity index (χ0v) is 11.1. The van der Waals surface area contributed by atoms with Crippen LogP contribution in [0.25, 0.3) is 0 Å². The van der Waals surface area contributed by atoms with Crippen molar-refractivity contribution in [3.63, 3.8) is 0 Å². The number of nitrogens with zero attached hydrogens (tertiary/aromatic N) is 1. The Hall–Kier alpha value is -0.640. The summed E-state index contributed by atoms with van der Waals surface area (Å²) in [4.78, 5) is 2.32. The summed E-state index contributed by atoms with van der Waals surface area (Å²) in [6.07, 6.45) is 3.69. The second-order valence-corrected chi connectivity index (χ2v) is 5.77. The van der Waals surface area contributed by atoms with Gasteiger partial charge in [-0.15, -0.1) is 0 Å². The van der Waals surface area contributed by atoms with E-state index in [1.165, 1.54) is 18.9 Å². The molecule has 2 aliphatic heterocycles. The third-order valence-electron chi connectivity index (χ3n) is 4.05. The fraction of sp³-hybridized carbons (Fsp3) is 0.571. The Morgan fingerprint density at radius 1 is 1.28 bits per heavy atom. The van der Waals surface area contributed by atoms with Crippen molar-refractivity contribution in [2.45, 2.75) is 37.9 Å². The van der Waals surface area contributed by atoms with E-state index >= 15 is 0 Å². The smallest absolute Gasteiger partial charge is 0.129 e. The van der Waals surface area contributed by atoms with E-state index in [1.54, 1.807) is 12.1 Å². The van der Waals surface area contributed by atoms with Crippen LogP contribution >= 0.6 is 11.6 Å². The van der Waals surface area contributed by atoms with Crippen LogP contribution in [0.1, 0.15) is 24.8 Å². The molecule has 1 N–H and O–H groups in total. The summed E-state index contributed by atoms with van der Waals surface area (Å²) >= 11 is 6.09. The van der Waals surface area contributed by atoms with Crippen LogP contribution in [-0.4, -0.2) is 30.1 Å². The first-order valence-electron chi connectivity index (χ1n) is 6.63. The number of rotatable bonds is 2. The van der Waals surface area contributed by atoms with Crippen LogP contribution in [0.2, 0.25) is 5.02 Å². The maximum Gasteiger partial charge on any atom is 0.129 e. The van der Waals surface area contributed by atoms with Crippen molar-refractivity contribution in [1.82, 2.24) is 10.2 Å². The van der Waals surface area contributed by atoms with Gasteiger partial charge in [-0.1, -0.05) is 17.7 Å². The van der Waals surface area contributed by atoms with Gasteiger partial charge in [0.25, 0.3) is 0 Å². The molecule has 2 nitrogen and oxygen atoms in total. The Labute approximate surface area is 112 Å². The van der Waals surface area contributed by atoms with E-state index in [0.29, 0.717) is 29.2 Å². The average molecular weight is 269 g/mol. The van der Waals surface area contributed by atoms with Gasteiger partial charge in [0.2, 0.25) is 0 Å². The van der Waals surface area contributed by atoms with E-state index in [2.05, 4.69) is 10.2 Å². The maximum atomic E-state index is 13.8. The molecule has 2 bridgehead atoms. The summed E-state index contributed by atoms with van der Waals surface area (Å²) in [5, 5.41) is 4.17. The van der Waals surface area contributed by atoms with E-state index in [-0.39, 0.29) is 5.82 Å². The lowest BCUT2D eigenvalue weighted by Crippen LogP contribution is -2.35. The van der Waals surface area contributed by atoms with Crippen LogP contribution in [0, 0.1) is 5.82 Å². The summed E-state index contributed by atoms with van der Waals surface area (Å²) in [5.74, 6) is -0.190. The summed E-state index contributed by atoms with van der Waals surface area (Å²) < 4.78 is 13.8. The van der Waals surface area contributed by atoms with E-state index in [0.717, 1.165) is 19.5 Å². The van der Waals surface area contributed by atoms with Crippen LogP contribution in [0.3, 0.4) is 0 Å². The second-order valence-electron chi connectivity index (χ2n) is 5.36. The zero-order valence-electron chi connectivity index (χ0n) is 10.3. The molecule has 1 aromatic carbocycles. The van der Waals surface area contributed by atoms with Crippen molar-refractivity contribution in [2.24, 2.45) is 0 Å². The summed E-state index contributed by atoms with van der Waals surface area (Å²) in [6, 6.07) is 6.15. The van der Waals surface area contributed by atoms with Gasteiger partial charge in [-0.25, -0.2) is 4.39 Å². The van der Waals surface area contributed by atoms with Crippen molar-refractivity contribution in [1.29, 1.82) is 0 Å². The molecule has 0 radical (unpaired) electrons. The fourth-order valence-electron chi connectivity index (χ4n) is 3.07. The fourth-order valence-corrected chi connectivity index (χ4v) is 3.29. The minimum absolute atomic E-state index is 0.190. The highest BCUT2D eigenvalue weighted by molar-refractivity contribution is 6.31. The van der Waals surface area contributed by atoms with Gasteiger partial charge in [0, 0.05) is 42.3 Å². The van der Waals surface area contributed by atoms with Crippen LogP contribution in [0.5, 0.6) is 0 Å². The summed E-state index contributed by atoms with van der Waals surface area (Å²) in [6.45, 7) is 2.65. The van der Waals surface area contributed by atoms with Crippen molar-refractivity contribution in [3.8, 4) is 0 Å². The molecule has 1 aromatic rings. The predicted octanol–water partition coefficient (Wildman–Crippen LogP) is 2.81. The Morgan fingerprint density at radius 3 is 2.94 bits per heavy atom. The van der Waals surface area contributed by atoms with E-state index in [4.69, 9.17) is 11.6 Å². The molecule has 0 amide bonds. The van der Waals surface area contributed by atoms with Gasteiger partial charge in [0.1, 0.15) is 5.82 Å². The van der Waals surface area contributed by atoms with Gasteiger partial charge >= 0.3 is 0 Å². The molecule has 2 atom stereocenters. The molecule has 3 rings (SSSR count). The van der Waals surface area contributed by atoms with Crippen LogP contribution < -0.4 is 5.32 Å². The lowest BCUT2D eigenvalue weighted by Gasteiger charge is -2.24. The molecule has 0 spiro atoms. The number of nitrogens with one attached hydrogen (secondary N) is 1. The van der Waals surface area contributed by atoms with Crippen LogP contribution in [0.15, 0.2) is 18.2 Å². The summed E-state index contributed by atoms with van der Waals surface area (Å²) in [5.41, 5.74) is 0.636. The molecule has 2 aliphatic rings. The van der Waals surface area contributed by atoms with Crippen molar-refractivity contribution in [2.75, 3.05) is 13.1 Å². The molecular weight excluding hydrogens is 251 g/mol. The van der Waals surface area contributed by atoms with E-state index in [1.807, 2.05) is 0 Å². The normalized spacial score (nSPS) is 28.3. The molecule has 4 heteroatoms. The van der Waals surface area contributed by atoms with Gasteiger partial charge in [-0.3, -0.25) is 4.90 Å². The Morgan fingerprint density at radius 2 is 2.11 bits per heavy atom. The van der Waals surface area contributed by atoms with Crippen molar-refractivity contribution < 1.29 is 4.39 Å². The molecule has 0 aliphatic carbocycles. The van der Waals surface area contributed by atoms with Gasteiger partial charge < -0.3 is 5.32 Å². The second kappa shape index (κ2) is 5.16. The van der Waals surface area contributed by atoms with Crippen LogP contribution in [0.4, 0.5) is 4.39 Å². The van der Waals surface area contributed by atoms with E-state index in [9.17, 15) is 4.39 Å². The van der Waals surface area contributed by atoms with E-state index < -0.39 is 0 Å². The third kappa shape index (κ3) is 2.53. The SMILES string of the molecule is Fc1cccc(Cl)c1CN1CCC2CCC(C1)N2.